The number of rotatable bonds is 6. The molecule has 5 rings (SSSR count). The van der Waals surface area contributed by atoms with Crippen LogP contribution < -0.4 is 15.0 Å². The fourth-order valence-electron chi connectivity index (χ4n) is 4.71. The second-order valence-electron chi connectivity index (χ2n) is 8.61. The van der Waals surface area contributed by atoms with Gasteiger partial charge in [-0.2, -0.15) is 0 Å². The Hall–Kier alpha value is -3.70. The SMILES string of the molecule is COc1cccc2c1OC[C@@H]1CN(CCc3c(C)nc4sccn4c3=O)C[C@H]21.O=C(O)/C=C/C(=O)O. The van der Waals surface area contributed by atoms with Crippen molar-refractivity contribution in [2.24, 2.45) is 5.92 Å². The number of hydrogen-bond acceptors (Lipinski definition) is 8. The van der Waals surface area contributed by atoms with E-state index >= 15 is 0 Å². The van der Waals surface area contributed by atoms with Gasteiger partial charge < -0.3 is 24.6 Å². The number of aryl methyl sites for hydroxylation is 1. The number of carboxylic acids is 2. The smallest absolute Gasteiger partial charge is 0.328 e. The standard InChI is InChI=1S/C21H23N3O3S.C4H4O4/c1-13-15(20(25)24-8-9-28-21(24)22-13)6-7-23-10-14-12-27-19-16(17(14)11-23)4-3-5-18(19)26-2;5-3(6)1-2-4(7)8/h3-5,8-9,14,17H,6-7,10-12H2,1-2H3;1-2H,(H,5,6)(H,7,8)/b;2-1+/t14-,17-;/m0./s1. The van der Waals surface area contributed by atoms with Crippen LogP contribution in [0.25, 0.3) is 4.96 Å². The molecule has 0 saturated carbocycles. The molecule has 0 bridgehead atoms. The second kappa shape index (κ2) is 10.9. The minimum absolute atomic E-state index is 0.0683. The molecule has 0 unspecified atom stereocenters. The highest BCUT2D eigenvalue weighted by molar-refractivity contribution is 7.15. The van der Waals surface area contributed by atoms with Crippen LogP contribution in [-0.2, 0) is 16.0 Å². The lowest BCUT2D eigenvalue weighted by Gasteiger charge is -2.28. The highest BCUT2D eigenvalue weighted by Crippen LogP contribution is 2.45. The first-order valence-corrected chi connectivity index (χ1v) is 12.3. The first-order chi connectivity index (χ1) is 17.3. The van der Waals surface area contributed by atoms with Crippen molar-refractivity contribution in [3.05, 3.63) is 69.1 Å². The average molecular weight is 514 g/mol. The van der Waals surface area contributed by atoms with Crippen LogP contribution in [0.2, 0.25) is 0 Å². The molecule has 2 N–H and O–H groups in total. The second-order valence-corrected chi connectivity index (χ2v) is 9.49. The van der Waals surface area contributed by atoms with Gasteiger partial charge in [-0.1, -0.05) is 12.1 Å². The third-order valence-electron chi connectivity index (χ3n) is 6.40. The molecule has 2 atom stereocenters. The molecule has 2 aliphatic rings. The zero-order chi connectivity index (χ0) is 25.8. The van der Waals surface area contributed by atoms with E-state index in [1.165, 1.54) is 16.9 Å². The summed E-state index contributed by atoms with van der Waals surface area (Å²) in [5.74, 6) is 0.139. The number of benzene rings is 1. The maximum absolute atomic E-state index is 12.8. The summed E-state index contributed by atoms with van der Waals surface area (Å²) >= 11 is 1.49. The van der Waals surface area contributed by atoms with Crippen molar-refractivity contribution in [2.75, 3.05) is 33.4 Å². The van der Waals surface area contributed by atoms with Crippen molar-refractivity contribution in [1.29, 1.82) is 0 Å². The minimum atomic E-state index is -1.26. The van der Waals surface area contributed by atoms with Gasteiger partial charge in [0.05, 0.1) is 13.7 Å². The van der Waals surface area contributed by atoms with E-state index in [1.807, 2.05) is 30.6 Å². The van der Waals surface area contributed by atoms with Crippen molar-refractivity contribution in [3.8, 4) is 11.5 Å². The van der Waals surface area contributed by atoms with E-state index in [1.54, 1.807) is 11.5 Å². The van der Waals surface area contributed by atoms with Gasteiger partial charge in [-0.3, -0.25) is 9.20 Å². The Balaban J connectivity index is 0.000000331. The summed E-state index contributed by atoms with van der Waals surface area (Å²) in [4.78, 5) is 39.7. The normalized spacial score (nSPS) is 18.7. The van der Waals surface area contributed by atoms with Gasteiger partial charge in [0.2, 0.25) is 0 Å². The summed E-state index contributed by atoms with van der Waals surface area (Å²) < 4.78 is 13.2. The lowest BCUT2D eigenvalue weighted by molar-refractivity contribution is -0.134. The number of methoxy groups -OCH3 is 1. The Labute approximate surface area is 211 Å². The number of para-hydroxylation sites is 1. The number of likely N-dealkylation sites (tertiary alicyclic amines) is 1. The maximum Gasteiger partial charge on any atom is 0.328 e. The first kappa shape index (κ1) is 25.4. The first-order valence-electron chi connectivity index (χ1n) is 11.4. The number of fused-ring (bicyclic) bond motifs is 4. The molecule has 0 amide bonds. The van der Waals surface area contributed by atoms with E-state index in [4.69, 9.17) is 19.7 Å². The van der Waals surface area contributed by atoms with Gasteiger partial charge in [0.1, 0.15) is 0 Å². The predicted octanol–water partition coefficient (Wildman–Crippen LogP) is 2.44. The van der Waals surface area contributed by atoms with Gasteiger partial charge in [-0.25, -0.2) is 14.6 Å². The van der Waals surface area contributed by atoms with Crippen LogP contribution in [0.15, 0.2) is 46.7 Å². The number of nitrogens with zero attached hydrogens (tertiary/aromatic N) is 3. The number of aromatic nitrogens is 2. The quantitative estimate of drug-likeness (QED) is 0.477. The van der Waals surface area contributed by atoms with Gasteiger partial charge in [0.15, 0.2) is 16.5 Å². The summed E-state index contributed by atoms with van der Waals surface area (Å²) in [6.07, 6.45) is 3.65. The summed E-state index contributed by atoms with van der Waals surface area (Å²) in [6.45, 7) is 5.51. The average Bonchev–Trinajstić information content (AvgIpc) is 3.49. The van der Waals surface area contributed by atoms with Crippen LogP contribution in [0.4, 0.5) is 0 Å². The molecule has 1 fully saturated rings. The van der Waals surface area contributed by atoms with Crippen LogP contribution in [0, 0.1) is 12.8 Å². The summed E-state index contributed by atoms with van der Waals surface area (Å²) in [5.41, 5.74) is 2.99. The highest BCUT2D eigenvalue weighted by Gasteiger charge is 2.39. The molecule has 1 saturated heterocycles. The molecule has 1 aromatic carbocycles. The molecule has 0 aliphatic carbocycles. The third-order valence-corrected chi connectivity index (χ3v) is 7.16. The van der Waals surface area contributed by atoms with Gasteiger partial charge in [0.25, 0.3) is 5.56 Å². The molecule has 0 radical (unpaired) electrons. The predicted molar refractivity (Wildman–Crippen MR) is 133 cm³/mol. The van der Waals surface area contributed by atoms with Gasteiger partial charge in [-0.05, 0) is 19.4 Å². The van der Waals surface area contributed by atoms with E-state index in [-0.39, 0.29) is 5.56 Å². The fourth-order valence-corrected chi connectivity index (χ4v) is 5.46. The number of ether oxygens (including phenoxy) is 2. The lowest BCUT2D eigenvalue weighted by Crippen LogP contribution is -2.28. The van der Waals surface area contributed by atoms with Crippen molar-refractivity contribution in [1.82, 2.24) is 14.3 Å². The fraction of sp³-hybridized carbons (Fsp3) is 0.360. The molecule has 3 aromatic rings. The Morgan fingerprint density at radius 2 is 2.00 bits per heavy atom. The van der Waals surface area contributed by atoms with Crippen LogP contribution in [0.5, 0.6) is 11.5 Å². The van der Waals surface area contributed by atoms with Gasteiger partial charge >= 0.3 is 11.9 Å². The number of hydrogen-bond donors (Lipinski definition) is 2. The van der Waals surface area contributed by atoms with E-state index in [0.29, 0.717) is 24.0 Å². The Morgan fingerprint density at radius 1 is 1.25 bits per heavy atom. The molecule has 11 heteroatoms. The van der Waals surface area contributed by atoms with E-state index in [9.17, 15) is 14.4 Å². The van der Waals surface area contributed by atoms with Gasteiger partial charge in [-0.15, -0.1) is 11.3 Å². The van der Waals surface area contributed by atoms with Crippen LogP contribution >= 0.6 is 11.3 Å². The van der Waals surface area contributed by atoms with Crippen LogP contribution in [0.1, 0.15) is 22.7 Å². The van der Waals surface area contributed by atoms with Crippen molar-refractivity contribution >= 4 is 28.2 Å². The number of thiazole rings is 1. The Bertz CT molecular complexity index is 1350. The largest absolute Gasteiger partial charge is 0.493 e. The molecule has 0 spiro atoms. The molecule has 4 heterocycles. The monoisotopic (exact) mass is 513 g/mol. The van der Waals surface area contributed by atoms with Crippen LogP contribution in [-0.4, -0.2) is 69.8 Å². The maximum atomic E-state index is 12.8. The molecule has 2 aromatic heterocycles. The molecule has 36 heavy (non-hydrogen) atoms. The van der Waals surface area contributed by atoms with Crippen molar-refractivity contribution in [2.45, 2.75) is 19.3 Å². The number of carbonyl (C=O) groups is 2. The Kier molecular flexibility index (Phi) is 7.70. The molecule has 2 aliphatic heterocycles. The van der Waals surface area contributed by atoms with E-state index < -0.39 is 11.9 Å². The minimum Gasteiger partial charge on any atom is -0.493 e. The molecular formula is C25H27N3O7S. The number of carboxylic acid groups (broad SMARTS) is 2. The zero-order valence-electron chi connectivity index (χ0n) is 19.9. The van der Waals surface area contributed by atoms with Crippen molar-refractivity contribution in [3.63, 3.8) is 0 Å². The van der Waals surface area contributed by atoms with Crippen LogP contribution in [0.3, 0.4) is 0 Å². The lowest BCUT2D eigenvalue weighted by atomic mass is 9.87. The van der Waals surface area contributed by atoms with E-state index in [0.717, 1.165) is 60.4 Å². The molecule has 10 nitrogen and oxygen atoms in total. The Morgan fingerprint density at radius 3 is 2.69 bits per heavy atom. The topological polar surface area (TPSA) is 131 Å². The summed E-state index contributed by atoms with van der Waals surface area (Å²) in [6, 6.07) is 6.15. The van der Waals surface area contributed by atoms with Gasteiger partial charge in [0, 0.05) is 72.0 Å². The molecule has 190 valence electrons. The number of aliphatic carboxylic acids is 2. The summed E-state index contributed by atoms with van der Waals surface area (Å²) in [5, 5.41) is 17.5. The highest BCUT2D eigenvalue weighted by atomic mass is 32.1. The van der Waals surface area contributed by atoms with Crippen molar-refractivity contribution < 1.29 is 29.3 Å². The zero-order valence-corrected chi connectivity index (χ0v) is 20.7. The molecular weight excluding hydrogens is 486 g/mol. The third kappa shape index (κ3) is 5.42. The van der Waals surface area contributed by atoms with E-state index in [2.05, 4.69) is 16.0 Å². The summed E-state index contributed by atoms with van der Waals surface area (Å²) in [7, 11) is 1.69.